The molecular formula is C16H11N2O8Y-. The minimum Gasteiger partial charge on any atom is -0.487 e. The Balaban J connectivity index is 0.00000364. The maximum atomic E-state index is 11.1. The average Bonchev–Trinajstić information content (AvgIpc) is 2.55. The van der Waals surface area contributed by atoms with Crippen LogP contribution in [0, 0.1) is 33.2 Å². The van der Waals surface area contributed by atoms with Crippen LogP contribution in [0.3, 0.4) is 0 Å². The normalized spacial score (nSPS) is 9.96. The second-order valence-electron chi connectivity index (χ2n) is 5.35. The zero-order valence-electron chi connectivity index (χ0n) is 13.8. The number of benzene rings is 2. The van der Waals surface area contributed by atoms with Gasteiger partial charge in [0.25, 0.3) is 11.7 Å². The molecule has 2 rings (SSSR count). The number of carboxylic acids is 2. The van der Waals surface area contributed by atoms with Gasteiger partial charge in [-0.25, -0.2) is 4.79 Å². The molecule has 0 aromatic heterocycles. The number of aromatic carboxylic acids is 2. The number of hydrogen-bond acceptors (Lipinski definition) is 6. The van der Waals surface area contributed by atoms with Gasteiger partial charge in [0.2, 0.25) is 0 Å². The van der Waals surface area contributed by atoms with Crippen molar-refractivity contribution in [3.05, 3.63) is 78.4 Å². The van der Waals surface area contributed by atoms with Crippen LogP contribution in [0.25, 0.3) is 0 Å². The quantitative estimate of drug-likeness (QED) is 0.387. The first kappa shape index (κ1) is 22.3. The Hall–Kier alpha value is -2.72. The third-order valence-electron chi connectivity index (χ3n) is 3.68. The fourth-order valence-electron chi connectivity index (χ4n) is 2.41. The number of nitro groups is 2. The number of carboxylic acid groups (broad SMARTS) is 2. The van der Waals surface area contributed by atoms with Gasteiger partial charge in [-0.1, -0.05) is 6.07 Å². The van der Waals surface area contributed by atoms with E-state index in [1.54, 1.807) is 6.92 Å². The van der Waals surface area contributed by atoms with E-state index in [0.29, 0.717) is 11.1 Å². The predicted molar refractivity (Wildman–Crippen MR) is 86.5 cm³/mol. The molecule has 11 heteroatoms. The van der Waals surface area contributed by atoms with Gasteiger partial charge in [0, 0.05) is 49.3 Å². The van der Waals surface area contributed by atoms with Crippen LogP contribution in [0.4, 0.5) is 11.4 Å². The van der Waals surface area contributed by atoms with E-state index in [9.17, 15) is 29.8 Å². The van der Waals surface area contributed by atoms with Crippen molar-refractivity contribution in [1.29, 1.82) is 0 Å². The number of nitrogens with zero attached hydrogens (tertiary/aromatic N) is 2. The summed E-state index contributed by atoms with van der Waals surface area (Å²) in [5, 5.41) is 40.1. The molecule has 0 aliphatic rings. The average molecular weight is 448 g/mol. The van der Waals surface area contributed by atoms with E-state index in [1.165, 1.54) is 0 Å². The van der Waals surface area contributed by atoms with Crippen LogP contribution < -0.4 is 0 Å². The third-order valence-corrected chi connectivity index (χ3v) is 3.68. The standard InChI is InChI=1S/C16H11N2O8.Y/c1-8-4-12(16(21)22)14(18(25)26)7-10(8)5-9-2-3-11(15(19)20)13(6-9)17(23)24;/h3-4,6-7H,5H2,1H3,(H,19,20)(H,21,22);/q-1;. The van der Waals surface area contributed by atoms with Crippen molar-refractivity contribution in [1.82, 2.24) is 0 Å². The zero-order chi connectivity index (χ0) is 19.6. The first-order valence-corrected chi connectivity index (χ1v) is 7.05. The second-order valence-corrected chi connectivity index (χ2v) is 5.35. The Labute approximate surface area is 177 Å². The molecule has 0 spiro atoms. The minimum atomic E-state index is -1.47. The van der Waals surface area contributed by atoms with Gasteiger partial charge in [-0.05, 0) is 30.5 Å². The smallest absolute Gasteiger partial charge is 0.342 e. The van der Waals surface area contributed by atoms with Crippen molar-refractivity contribution >= 4 is 23.3 Å². The fraction of sp³-hybridized carbons (Fsp3) is 0.125. The largest absolute Gasteiger partial charge is 0.487 e. The molecule has 0 aliphatic heterocycles. The Morgan fingerprint density at radius 2 is 1.52 bits per heavy atom. The van der Waals surface area contributed by atoms with Crippen LogP contribution in [-0.4, -0.2) is 32.0 Å². The summed E-state index contributed by atoms with van der Waals surface area (Å²) in [7, 11) is 0. The Morgan fingerprint density at radius 3 is 2.00 bits per heavy atom. The second kappa shape index (κ2) is 8.78. The zero-order valence-corrected chi connectivity index (χ0v) is 16.7. The van der Waals surface area contributed by atoms with E-state index in [0.717, 1.165) is 24.3 Å². The van der Waals surface area contributed by atoms with Crippen LogP contribution in [-0.2, 0) is 39.1 Å². The van der Waals surface area contributed by atoms with Gasteiger partial charge in [-0.15, -0.1) is 0 Å². The van der Waals surface area contributed by atoms with Gasteiger partial charge in [0.05, 0.1) is 4.92 Å². The molecule has 137 valence electrons. The maximum Gasteiger partial charge on any atom is 0.342 e. The van der Waals surface area contributed by atoms with Crippen LogP contribution in [0.15, 0.2) is 24.3 Å². The van der Waals surface area contributed by atoms with Crippen LogP contribution in [0.2, 0.25) is 0 Å². The minimum absolute atomic E-state index is 0. The Kier molecular flexibility index (Phi) is 7.26. The molecule has 0 atom stereocenters. The van der Waals surface area contributed by atoms with Crippen molar-refractivity contribution in [2.24, 2.45) is 0 Å². The molecule has 2 aromatic rings. The number of rotatable bonds is 6. The predicted octanol–water partition coefficient (Wildman–Crippen LogP) is 2.60. The van der Waals surface area contributed by atoms with E-state index < -0.39 is 44.3 Å². The van der Waals surface area contributed by atoms with Gasteiger partial charge in [-0.2, -0.15) is 17.7 Å². The molecule has 0 fully saturated rings. The SMILES string of the molecule is Cc1cc(C(=O)O)c([N+](=O)[O-])cc1Cc1[c-]cc(C(=O)O)c([N+](=O)[O-])c1.[Y]. The van der Waals surface area contributed by atoms with Crippen molar-refractivity contribution in [3.63, 3.8) is 0 Å². The summed E-state index contributed by atoms with van der Waals surface area (Å²) in [4.78, 5) is 42.6. The molecule has 0 unspecified atom stereocenters. The fourth-order valence-corrected chi connectivity index (χ4v) is 2.41. The molecule has 1 radical (unpaired) electrons. The van der Waals surface area contributed by atoms with Crippen molar-refractivity contribution in [2.75, 3.05) is 0 Å². The molecule has 0 saturated carbocycles. The van der Waals surface area contributed by atoms with Crippen LogP contribution >= 0.6 is 0 Å². The van der Waals surface area contributed by atoms with Gasteiger partial charge in [0.15, 0.2) is 5.69 Å². The molecule has 10 nitrogen and oxygen atoms in total. The van der Waals surface area contributed by atoms with Crippen LogP contribution in [0.5, 0.6) is 0 Å². The van der Waals surface area contributed by atoms with E-state index in [-0.39, 0.29) is 44.7 Å². The summed E-state index contributed by atoms with van der Waals surface area (Å²) in [6, 6.07) is 6.83. The van der Waals surface area contributed by atoms with Gasteiger partial charge in [0.1, 0.15) is 5.56 Å². The summed E-state index contributed by atoms with van der Waals surface area (Å²) in [6.45, 7) is 1.55. The van der Waals surface area contributed by atoms with E-state index in [4.69, 9.17) is 10.2 Å². The number of hydrogen-bond donors (Lipinski definition) is 2. The first-order valence-electron chi connectivity index (χ1n) is 7.05. The van der Waals surface area contributed by atoms with E-state index >= 15 is 0 Å². The molecule has 2 N–H and O–H groups in total. The summed E-state index contributed by atoms with van der Waals surface area (Å²) in [5.41, 5.74) is -1.17. The molecule has 0 heterocycles. The van der Waals surface area contributed by atoms with Gasteiger partial charge >= 0.3 is 5.97 Å². The molecule has 2 aromatic carbocycles. The topological polar surface area (TPSA) is 161 Å². The molecule has 0 aliphatic carbocycles. The third kappa shape index (κ3) is 4.92. The first-order chi connectivity index (χ1) is 12.1. The number of carbonyl (C=O) groups is 2. The Morgan fingerprint density at radius 1 is 1.00 bits per heavy atom. The Bertz CT molecular complexity index is 958. The molecule has 0 amide bonds. The van der Waals surface area contributed by atoms with Gasteiger partial charge in [-0.3, -0.25) is 25.0 Å². The molecule has 0 saturated heterocycles. The molecule has 0 bridgehead atoms. The summed E-state index contributed by atoms with van der Waals surface area (Å²) < 4.78 is 0. The molecule has 27 heavy (non-hydrogen) atoms. The van der Waals surface area contributed by atoms with Crippen molar-refractivity contribution in [2.45, 2.75) is 13.3 Å². The summed E-state index contributed by atoms with van der Waals surface area (Å²) in [5.74, 6) is -2.92. The van der Waals surface area contributed by atoms with Crippen molar-refractivity contribution < 1.29 is 62.4 Å². The van der Waals surface area contributed by atoms with Crippen molar-refractivity contribution in [3.8, 4) is 0 Å². The monoisotopic (exact) mass is 448 g/mol. The van der Waals surface area contributed by atoms with Gasteiger partial charge < -0.3 is 10.2 Å². The van der Waals surface area contributed by atoms with E-state index in [2.05, 4.69) is 6.07 Å². The number of aryl methyl sites for hydroxylation is 1. The summed E-state index contributed by atoms with van der Waals surface area (Å²) in [6.07, 6.45) is -0.0205. The number of nitro benzene ring substituents is 2. The molecular weight excluding hydrogens is 437 g/mol. The van der Waals surface area contributed by atoms with E-state index in [1.807, 2.05) is 0 Å². The summed E-state index contributed by atoms with van der Waals surface area (Å²) >= 11 is 0. The maximum absolute atomic E-state index is 11.1. The van der Waals surface area contributed by atoms with Crippen LogP contribution in [0.1, 0.15) is 37.4 Å².